The highest BCUT2D eigenvalue weighted by Gasteiger charge is 2.36. The molecular formula is C10H11N3O6S2. The third-order valence-corrected chi connectivity index (χ3v) is 5.77. The highest BCUT2D eigenvalue weighted by atomic mass is 32.2. The number of likely N-dealkylation sites (tertiary alicyclic amines) is 1. The molecule has 1 aliphatic heterocycles. The van der Waals surface area contributed by atoms with Crippen LogP contribution >= 0.6 is 11.3 Å². The molecule has 9 nitrogen and oxygen atoms in total. The number of aromatic nitrogens is 1. The average Bonchev–Trinajstić information content (AvgIpc) is 2.90. The minimum absolute atomic E-state index is 0.0302. The maximum Gasteiger partial charge on any atom is 0.356 e. The Morgan fingerprint density at radius 3 is 2.81 bits per heavy atom. The fraction of sp³-hybridized carbons (Fsp3) is 0.400. The van der Waals surface area contributed by atoms with E-state index in [-0.39, 0.29) is 18.7 Å². The van der Waals surface area contributed by atoms with Crippen molar-refractivity contribution in [1.82, 2.24) is 14.6 Å². The minimum atomic E-state index is -4.20. The summed E-state index contributed by atoms with van der Waals surface area (Å²) in [4.78, 5) is 38.4. The number of carboxylic acids is 1. The molecule has 0 bridgehead atoms. The number of piperidine rings is 1. The van der Waals surface area contributed by atoms with E-state index in [0.717, 1.165) is 10.4 Å². The summed E-state index contributed by atoms with van der Waals surface area (Å²) in [5.41, 5.74) is 0.497. The van der Waals surface area contributed by atoms with Crippen LogP contribution in [0.5, 0.6) is 0 Å². The van der Waals surface area contributed by atoms with Crippen LogP contribution < -0.4 is 4.72 Å². The van der Waals surface area contributed by atoms with E-state index in [2.05, 4.69) is 9.71 Å². The van der Waals surface area contributed by atoms with Gasteiger partial charge < -0.3 is 5.11 Å². The maximum absolute atomic E-state index is 12.2. The van der Waals surface area contributed by atoms with Gasteiger partial charge >= 0.3 is 5.97 Å². The number of likely N-dealkylation sites (N-methyl/N-ethyl adjacent to an activating group) is 1. The molecule has 2 N–H and O–H groups in total. The van der Waals surface area contributed by atoms with Crippen LogP contribution in [0.15, 0.2) is 9.72 Å². The van der Waals surface area contributed by atoms with Crippen LogP contribution in [-0.2, 0) is 19.6 Å². The first-order valence-electron chi connectivity index (χ1n) is 5.73. The Morgan fingerprint density at radius 1 is 1.52 bits per heavy atom. The van der Waals surface area contributed by atoms with Crippen LogP contribution in [0.1, 0.15) is 23.3 Å². The average molecular weight is 333 g/mol. The highest BCUT2D eigenvalue weighted by Crippen LogP contribution is 2.22. The predicted octanol–water partition coefficient (Wildman–Crippen LogP) is -0.733. The lowest BCUT2D eigenvalue weighted by Crippen LogP contribution is -2.52. The Labute approximate surface area is 123 Å². The molecule has 1 aromatic heterocycles. The SMILES string of the molecule is CN1C(=O)CCC(NS(=O)(=O)c2scnc2C(=O)O)C1=O. The summed E-state index contributed by atoms with van der Waals surface area (Å²) in [6.45, 7) is 0. The Kier molecular flexibility index (Phi) is 4.07. The number of carboxylic acid groups (broad SMARTS) is 1. The number of nitrogens with zero attached hydrogens (tertiary/aromatic N) is 2. The zero-order valence-corrected chi connectivity index (χ0v) is 12.4. The van der Waals surface area contributed by atoms with E-state index < -0.39 is 37.8 Å². The number of carbonyl (C=O) groups is 3. The van der Waals surface area contributed by atoms with E-state index in [1.165, 1.54) is 7.05 Å². The van der Waals surface area contributed by atoms with E-state index >= 15 is 0 Å². The highest BCUT2D eigenvalue weighted by molar-refractivity contribution is 7.91. The molecule has 0 aromatic carbocycles. The number of sulfonamides is 1. The quantitative estimate of drug-likeness (QED) is 0.694. The topological polar surface area (TPSA) is 134 Å². The van der Waals surface area contributed by atoms with Gasteiger partial charge in [0.15, 0.2) is 9.90 Å². The van der Waals surface area contributed by atoms with Crippen LogP contribution in [0.4, 0.5) is 0 Å². The lowest BCUT2D eigenvalue weighted by atomic mass is 10.1. The number of hydrogen-bond acceptors (Lipinski definition) is 7. The fourth-order valence-electron chi connectivity index (χ4n) is 1.83. The zero-order chi connectivity index (χ0) is 15.8. The molecule has 1 atom stereocenters. The molecule has 2 heterocycles. The first kappa shape index (κ1) is 15.5. The van der Waals surface area contributed by atoms with Gasteiger partial charge in [-0.15, -0.1) is 11.3 Å². The summed E-state index contributed by atoms with van der Waals surface area (Å²) in [5.74, 6) is -2.53. The molecule has 21 heavy (non-hydrogen) atoms. The molecule has 11 heteroatoms. The van der Waals surface area contributed by atoms with Crippen LogP contribution in [-0.4, -0.2) is 54.3 Å². The Bertz CT molecular complexity index is 710. The molecule has 1 unspecified atom stereocenters. The number of imide groups is 1. The third kappa shape index (κ3) is 2.94. The molecule has 0 spiro atoms. The lowest BCUT2D eigenvalue weighted by molar-refractivity contribution is -0.147. The van der Waals surface area contributed by atoms with Crippen molar-refractivity contribution in [2.24, 2.45) is 0 Å². The number of hydrogen-bond donors (Lipinski definition) is 2. The van der Waals surface area contributed by atoms with Gasteiger partial charge in [0.05, 0.1) is 5.51 Å². The molecule has 0 radical (unpaired) electrons. The third-order valence-electron chi connectivity index (χ3n) is 2.93. The second-order valence-corrected chi connectivity index (χ2v) is 7.06. The molecule has 2 rings (SSSR count). The van der Waals surface area contributed by atoms with E-state index in [0.29, 0.717) is 11.3 Å². The number of thiazole rings is 1. The summed E-state index contributed by atoms with van der Waals surface area (Å²) in [6.07, 6.45) is 0.0619. The van der Waals surface area contributed by atoms with Crippen molar-refractivity contribution in [2.45, 2.75) is 23.1 Å². The van der Waals surface area contributed by atoms with Crippen molar-refractivity contribution < 1.29 is 27.9 Å². The summed E-state index contributed by atoms with van der Waals surface area (Å²) in [7, 11) is -2.94. The van der Waals surface area contributed by atoms with E-state index in [9.17, 15) is 22.8 Å². The molecular weight excluding hydrogens is 322 g/mol. The van der Waals surface area contributed by atoms with Gasteiger partial charge in [0.1, 0.15) is 6.04 Å². The van der Waals surface area contributed by atoms with Crippen molar-refractivity contribution in [2.75, 3.05) is 7.05 Å². The van der Waals surface area contributed by atoms with Crippen LogP contribution in [0, 0.1) is 0 Å². The molecule has 2 amide bonds. The van der Waals surface area contributed by atoms with E-state index in [1.807, 2.05) is 0 Å². The Balaban J connectivity index is 2.26. The van der Waals surface area contributed by atoms with Crippen molar-refractivity contribution in [3.63, 3.8) is 0 Å². The van der Waals surface area contributed by atoms with Gasteiger partial charge in [-0.25, -0.2) is 18.2 Å². The molecule has 1 saturated heterocycles. The largest absolute Gasteiger partial charge is 0.476 e. The number of nitrogens with one attached hydrogen (secondary N) is 1. The Morgan fingerprint density at radius 2 is 2.19 bits per heavy atom. The van der Waals surface area contributed by atoms with Crippen molar-refractivity contribution >= 4 is 39.1 Å². The first-order chi connectivity index (χ1) is 9.74. The summed E-state index contributed by atoms with van der Waals surface area (Å²) in [6, 6.07) is -1.10. The second kappa shape index (κ2) is 5.50. The molecule has 1 fully saturated rings. The van der Waals surface area contributed by atoms with Crippen LogP contribution in [0.2, 0.25) is 0 Å². The van der Waals surface area contributed by atoms with Gasteiger partial charge in [0.25, 0.3) is 10.0 Å². The van der Waals surface area contributed by atoms with Gasteiger partial charge in [-0.3, -0.25) is 14.5 Å². The lowest BCUT2D eigenvalue weighted by Gasteiger charge is -2.27. The second-order valence-electron chi connectivity index (χ2n) is 4.30. The van der Waals surface area contributed by atoms with Crippen LogP contribution in [0.3, 0.4) is 0 Å². The Hall–Kier alpha value is -1.85. The van der Waals surface area contributed by atoms with Crippen molar-refractivity contribution in [1.29, 1.82) is 0 Å². The fourth-order valence-corrected chi connectivity index (χ4v) is 4.21. The van der Waals surface area contributed by atoms with Crippen LogP contribution in [0.25, 0.3) is 0 Å². The number of aromatic carboxylic acids is 1. The summed E-state index contributed by atoms with van der Waals surface area (Å²) < 4.78 is 26.0. The van der Waals surface area contributed by atoms with Crippen molar-refractivity contribution in [3.8, 4) is 0 Å². The zero-order valence-electron chi connectivity index (χ0n) is 10.8. The van der Waals surface area contributed by atoms with Gasteiger partial charge in [-0.05, 0) is 6.42 Å². The first-order valence-corrected chi connectivity index (χ1v) is 8.10. The summed E-state index contributed by atoms with van der Waals surface area (Å²) in [5, 5.41) is 8.88. The van der Waals surface area contributed by atoms with E-state index in [4.69, 9.17) is 5.11 Å². The number of carbonyl (C=O) groups excluding carboxylic acids is 2. The molecule has 1 aliphatic rings. The molecule has 114 valence electrons. The van der Waals surface area contributed by atoms with E-state index in [1.54, 1.807) is 0 Å². The van der Waals surface area contributed by atoms with Gasteiger partial charge in [-0.1, -0.05) is 0 Å². The monoisotopic (exact) mass is 333 g/mol. The number of rotatable bonds is 4. The predicted molar refractivity (Wildman–Crippen MR) is 70.2 cm³/mol. The van der Waals surface area contributed by atoms with Crippen molar-refractivity contribution in [3.05, 3.63) is 11.2 Å². The smallest absolute Gasteiger partial charge is 0.356 e. The van der Waals surface area contributed by atoms with Gasteiger partial charge in [0.2, 0.25) is 11.8 Å². The van der Waals surface area contributed by atoms with Gasteiger partial charge in [-0.2, -0.15) is 4.72 Å². The number of amides is 2. The standard InChI is InChI=1S/C10H11N3O6S2/c1-13-6(14)3-2-5(8(13)15)12-21(18,19)10-7(9(16)17)11-4-20-10/h4-5,12H,2-3H2,1H3,(H,16,17). The molecule has 1 aromatic rings. The normalized spacial score (nSPS) is 19.9. The molecule has 0 aliphatic carbocycles. The molecule has 0 saturated carbocycles. The maximum atomic E-state index is 12.2. The van der Waals surface area contributed by atoms with Gasteiger partial charge in [0, 0.05) is 13.5 Å². The minimum Gasteiger partial charge on any atom is -0.476 e. The summed E-state index contributed by atoms with van der Waals surface area (Å²) >= 11 is 0.642.